The van der Waals surface area contributed by atoms with Crippen LogP contribution < -0.4 is 5.73 Å². The predicted molar refractivity (Wildman–Crippen MR) is 76.5 cm³/mol. The highest BCUT2D eigenvalue weighted by Gasteiger charge is 2.11. The number of hydrogen-bond donors (Lipinski definition) is 1. The Morgan fingerprint density at radius 2 is 2.00 bits per heavy atom. The zero-order valence-electron chi connectivity index (χ0n) is 10.1. The van der Waals surface area contributed by atoms with Crippen LogP contribution in [0.2, 0.25) is 0 Å². The number of benzene rings is 1. The van der Waals surface area contributed by atoms with Crippen LogP contribution in [0.15, 0.2) is 18.2 Å². The fourth-order valence-electron chi connectivity index (χ4n) is 1.22. The molecule has 0 amide bonds. The first-order chi connectivity index (χ1) is 8.65. The zero-order valence-corrected chi connectivity index (χ0v) is 12.3. The molecule has 0 heterocycles. The maximum atomic E-state index is 11.7. The fourth-order valence-corrected chi connectivity index (χ4v) is 1.71. The van der Waals surface area contributed by atoms with Crippen molar-refractivity contribution in [2.24, 2.45) is 0 Å². The highest BCUT2D eigenvalue weighted by molar-refractivity contribution is 14.1. The van der Waals surface area contributed by atoms with Gasteiger partial charge in [-0.25, -0.2) is 4.79 Å². The molecule has 0 aromatic heterocycles. The standard InChI is InChI=1S/C12H16INO4/c1-16-4-5-17-6-7-18-12(15)10-8-9(13)2-3-11(10)14/h2-3,8H,4-7,14H2,1H3. The number of ether oxygens (including phenoxy) is 3. The van der Waals surface area contributed by atoms with Crippen molar-refractivity contribution >= 4 is 34.2 Å². The molecule has 1 aromatic rings. The van der Waals surface area contributed by atoms with Crippen molar-refractivity contribution in [1.29, 1.82) is 0 Å². The van der Waals surface area contributed by atoms with Gasteiger partial charge in [-0.05, 0) is 40.8 Å². The Morgan fingerprint density at radius 1 is 1.28 bits per heavy atom. The maximum Gasteiger partial charge on any atom is 0.340 e. The SMILES string of the molecule is COCCOCCOC(=O)c1cc(I)ccc1N. The number of anilines is 1. The first-order valence-corrected chi connectivity index (χ1v) is 6.52. The molecule has 5 nitrogen and oxygen atoms in total. The molecule has 18 heavy (non-hydrogen) atoms. The number of carbonyl (C=O) groups excluding carboxylic acids is 1. The van der Waals surface area contributed by atoms with E-state index in [4.69, 9.17) is 19.9 Å². The Balaban J connectivity index is 2.34. The first kappa shape index (κ1) is 15.2. The molecule has 0 radical (unpaired) electrons. The summed E-state index contributed by atoms with van der Waals surface area (Å²) in [7, 11) is 1.60. The van der Waals surface area contributed by atoms with Crippen LogP contribution in [0, 0.1) is 3.57 Å². The van der Waals surface area contributed by atoms with Crippen LogP contribution in [-0.4, -0.2) is 39.5 Å². The average molecular weight is 365 g/mol. The summed E-state index contributed by atoms with van der Waals surface area (Å²) in [6, 6.07) is 5.22. The lowest BCUT2D eigenvalue weighted by Crippen LogP contribution is -2.14. The summed E-state index contributed by atoms with van der Waals surface area (Å²) in [6.45, 7) is 1.56. The van der Waals surface area contributed by atoms with E-state index in [1.54, 1.807) is 19.2 Å². The second kappa shape index (κ2) is 8.28. The molecule has 0 aliphatic rings. The number of nitrogens with two attached hydrogens (primary N) is 1. The molecule has 0 bridgehead atoms. The molecule has 1 aromatic carbocycles. The van der Waals surface area contributed by atoms with Gasteiger partial charge < -0.3 is 19.9 Å². The second-order valence-electron chi connectivity index (χ2n) is 3.47. The van der Waals surface area contributed by atoms with Gasteiger partial charge in [-0.2, -0.15) is 0 Å². The van der Waals surface area contributed by atoms with E-state index >= 15 is 0 Å². The molecule has 0 spiro atoms. The fraction of sp³-hybridized carbons (Fsp3) is 0.417. The van der Waals surface area contributed by atoms with Gasteiger partial charge >= 0.3 is 5.97 Å². The van der Waals surface area contributed by atoms with Gasteiger partial charge in [-0.15, -0.1) is 0 Å². The van der Waals surface area contributed by atoms with Crippen LogP contribution in [0.3, 0.4) is 0 Å². The maximum absolute atomic E-state index is 11.7. The normalized spacial score (nSPS) is 10.3. The molecule has 0 unspecified atom stereocenters. The van der Waals surface area contributed by atoms with E-state index in [1.165, 1.54) is 0 Å². The summed E-state index contributed by atoms with van der Waals surface area (Å²) >= 11 is 2.11. The Hall–Kier alpha value is -0.860. The topological polar surface area (TPSA) is 70.8 Å². The minimum Gasteiger partial charge on any atom is -0.460 e. The lowest BCUT2D eigenvalue weighted by atomic mass is 10.2. The second-order valence-corrected chi connectivity index (χ2v) is 4.72. The lowest BCUT2D eigenvalue weighted by Gasteiger charge is -2.08. The molecular weight excluding hydrogens is 349 g/mol. The molecule has 0 atom stereocenters. The molecule has 100 valence electrons. The minimum atomic E-state index is -0.429. The van der Waals surface area contributed by atoms with Crippen molar-refractivity contribution in [3.05, 3.63) is 27.3 Å². The van der Waals surface area contributed by atoms with E-state index in [9.17, 15) is 4.79 Å². The third-order valence-electron chi connectivity index (χ3n) is 2.13. The van der Waals surface area contributed by atoms with Crippen molar-refractivity contribution < 1.29 is 19.0 Å². The van der Waals surface area contributed by atoms with E-state index in [0.717, 1.165) is 3.57 Å². The van der Waals surface area contributed by atoms with Crippen molar-refractivity contribution in [3.63, 3.8) is 0 Å². The van der Waals surface area contributed by atoms with Crippen molar-refractivity contribution in [1.82, 2.24) is 0 Å². The number of esters is 1. The van der Waals surface area contributed by atoms with Crippen LogP contribution in [0.4, 0.5) is 5.69 Å². The number of methoxy groups -OCH3 is 1. The number of carbonyl (C=O) groups is 1. The van der Waals surface area contributed by atoms with Crippen LogP contribution in [0.25, 0.3) is 0 Å². The van der Waals surface area contributed by atoms with Gasteiger partial charge in [0.05, 0.1) is 25.4 Å². The quantitative estimate of drug-likeness (QED) is 0.345. The molecule has 0 aliphatic heterocycles. The number of rotatable bonds is 7. The van der Waals surface area contributed by atoms with Gasteiger partial charge in [0.1, 0.15) is 6.61 Å². The van der Waals surface area contributed by atoms with Gasteiger partial charge in [0.25, 0.3) is 0 Å². The van der Waals surface area contributed by atoms with Crippen molar-refractivity contribution in [3.8, 4) is 0 Å². The minimum absolute atomic E-state index is 0.202. The summed E-state index contributed by atoms with van der Waals surface area (Å²) in [5, 5.41) is 0. The highest BCUT2D eigenvalue weighted by atomic mass is 127. The number of halogens is 1. The highest BCUT2D eigenvalue weighted by Crippen LogP contribution is 2.16. The van der Waals surface area contributed by atoms with E-state index in [2.05, 4.69) is 22.6 Å². The van der Waals surface area contributed by atoms with Gasteiger partial charge in [0.2, 0.25) is 0 Å². The zero-order chi connectivity index (χ0) is 13.4. The van der Waals surface area contributed by atoms with E-state index < -0.39 is 5.97 Å². The Kier molecular flexibility index (Phi) is 6.99. The van der Waals surface area contributed by atoms with Gasteiger partial charge in [-0.1, -0.05) is 0 Å². The summed E-state index contributed by atoms with van der Waals surface area (Å²) in [5.41, 5.74) is 6.51. The summed E-state index contributed by atoms with van der Waals surface area (Å²) in [5.74, 6) is -0.429. The molecule has 1 rings (SSSR count). The van der Waals surface area contributed by atoms with Crippen molar-refractivity contribution in [2.75, 3.05) is 39.3 Å². The molecule has 0 aliphatic carbocycles. The van der Waals surface area contributed by atoms with E-state index in [0.29, 0.717) is 31.1 Å². The number of nitrogen functional groups attached to an aromatic ring is 1. The van der Waals surface area contributed by atoms with E-state index in [1.807, 2.05) is 6.07 Å². The van der Waals surface area contributed by atoms with E-state index in [-0.39, 0.29) is 6.61 Å². The Bertz CT molecular complexity index is 398. The first-order valence-electron chi connectivity index (χ1n) is 5.44. The smallest absolute Gasteiger partial charge is 0.340 e. The predicted octanol–water partition coefficient (Wildman–Crippen LogP) is 1.69. The summed E-state index contributed by atoms with van der Waals surface area (Å²) in [4.78, 5) is 11.7. The molecular formula is C12H16INO4. The van der Waals surface area contributed by atoms with Crippen LogP contribution >= 0.6 is 22.6 Å². The average Bonchev–Trinajstić information content (AvgIpc) is 2.36. The van der Waals surface area contributed by atoms with Crippen LogP contribution in [0.5, 0.6) is 0 Å². The van der Waals surface area contributed by atoms with Gasteiger partial charge in [0, 0.05) is 16.4 Å². The third-order valence-corrected chi connectivity index (χ3v) is 2.80. The molecule has 0 saturated carbocycles. The lowest BCUT2D eigenvalue weighted by molar-refractivity contribution is 0.0214. The number of hydrogen-bond acceptors (Lipinski definition) is 5. The summed E-state index contributed by atoms with van der Waals surface area (Å²) < 4.78 is 16.0. The summed E-state index contributed by atoms with van der Waals surface area (Å²) in [6.07, 6.45) is 0. The molecule has 0 fully saturated rings. The third kappa shape index (κ3) is 5.19. The molecule has 2 N–H and O–H groups in total. The Morgan fingerprint density at radius 3 is 2.72 bits per heavy atom. The monoisotopic (exact) mass is 365 g/mol. The largest absolute Gasteiger partial charge is 0.460 e. The van der Waals surface area contributed by atoms with Gasteiger partial charge in [-0.3, -0.25) is 0 Å². The van der Waals surface area contributed by atoms with Crippen LogP contribution in [0.1, 0.15) is 10.4 Å². The van der Waals surface area contributed by atoms with Crippen molar-refractivity contribution in [2.45, 2.75) is 0 Å². The van der Waals surface area contributed by atoms with Crippen LogP contribution in [-0.2, 0) is 14.2 Å². The molecule has 6 heteroatoms. The molecule has 0 saturated heterocycles. The Labute approximate surface area is 120 Å². The van der Waals surface area contributed by atoms with Gasteiger partial charge in [0.15, 0.2) is 0 Å².